The first-order valence-corrected chi connectivity index (χ1v) is 7.94. The maximum absolute atomic E-state index is 11.4. The molecule has 4 rings (SSSR count). The predicted molar refractivity (Wildman–Crippen MR) is 88.4 cm³/mol. The van der Waals surface area contributed by atoms with E-state index in [9.17, 15) is 9.90 Å². The summed E-state index contributed by atoms with van der Waals surface area (Å²) in [5.74, 6) is -0.0418. The van der Waals surface area contributed by atoms with Crippen LogP contribution in [0.4, 0.5) is 5.95 Å². The third-order valence-electron chi connectivity index (χ3n) is 4.45. The molecule has 7 nitrogen and oxygen atoms in total. The van der Waals surface area contributed by atoms with E-state index >= 15 is 0 Å². The van der Waals surface area contributed by atoms with Gasteiger partial charge in [0.2, 0.25) is 5.95 Å². The van der Waals surface area contributed by atoms with Crippen LogP contribution in [0.15, 0.2) is 43.0 Å². The molecule has 1 saturated heterocycles. The highest BCUT2D eigenvalue weighted by Gasteiger charge is 2.25. The zero-order chi connectivity index (χ0) is 16.5. The summed E-state index contributed by atoms with van der Waals surface area (Å²) in [6.07, 6.45) is 9.27. The van der Waals surface area contributed by atoms with Crippen molar-refractivity contribution in [3.05, 3.63) is 54.2 Å². The molecular weight excluding hydrogens is 306 g/mol. The van der Waals surface area contributed by atoms with Gasteiger partial charge in [0, 0.05) is 49.9 Å². The van der Waals surface area contributed by atoms with Gasteiger partial charge in [0.05, 0.1) is 0 Å². The smallest absolute Gasteiger partial charge is 0.354 e. The lowest BCUT2D eigenvalue weighted by Crippen LogP contribution is -2.36. The zero-order valence-electron chi connectivity index (χ0n) is 13.0. The van der Waals surface area contributed by atoms with Crippen molar-refractivity contribution in [1.29, 1.82) is 0 Å². The second kappa shape index (κ2) is 5.92. The molecule has 1 fully saturated rings. The standard InChI is InChI=1S/C17H17N5O2/c23-16(24)14-9-15-19-6-8-22(15)17(20-14)21-7-2-4-13(11-21)12-3-1-5-18-10-12/h1,3,5-6,8-10,13H,2,4,7,11H2,(H,23,24). The number of fused-ring (bicyclic) bond motifs is 1. The molecule has 3 aromatic rings. The molecular formula is C17H17N5O2. The molecule has 0 bridgehead atoms. The van der Waals surface area contributed by atoms with Gasteiger partial charge in [-0.05, 0) is 24.5 Å². The number of imidazole rings is 1. The third-order valence-corrected chi connectivity index (χ3v) is 4.45. The monoisotopic (exact) mass is 323 g/mol. The number of nitrogens with zero attached hydrogens (tertiary/aromatic N) is 5. The van der Waals surface area contributed by atoms with E-state index in [1.165, 1.54) is 11.6 Å². The molecule has 122 valence electrons. The van der Waals surface area contributed by atoms with Gasteiger partial charge in [0.15, 0.2) is 5.69 Å². The molecule has 24 heavy (non-hydrogen) atoms. The number of hydrogen-bond acceptors (Lipinski definition) is 5. The highest BCUT2D eigenvalue weighted by atomic mass is 16.4. The molecule has 0 aromatic carbocycles. The number of hydrogen-bond donors (Lipinski definition) is 1. The van der Waals surface area contributed by atoms with Crippen LogP contribution in [0.3, 0.4) is 0 Å². The SMILES string of the molecule is O=C(O)c1cc2nccn2c(N2CCCC(c3cccnc3)C2)n1. The molecule has 7 heteroatoms. The van der Waals surface area contributed by atoms with Crippen LogP contribution in [0.2, 0.25) is 0 Å². The van der Waals surface area contributed by atoms with Gasteiger partial charge >= 0.3 is 5.97 Å². The van der Waals surface area contributed by atoms with Gasteiger partial charge in [0.25, 0.3) is 0 Å². The summed E-state index contributed by atoms with van der Waals surface area (Å²) < 4.78 is 1.85. The maximum Gasteiger partial charge on any atom is 0.354 e. The van der Waals surface area contributed by atoms with Gasteiger partial charge in [-0.2, -0.15) is 0 Å². The normalized spacial score (nSPS) is 18.0. The first kappa shape index (κ1) is 14.6. The van der Waals surface area contributed by atoms with Crippen molar-refractivity contribution in [2.45, 2.75) is 18.8 Å². The zero-order valence-corrected chi connectivity index (χ0v) is 13.0. The molecule has 0 spiro atoms. The van der Waals surface area contributed by atoms with Crippen LogP contribution in [0.1, 0.15) is 34.8 Å². The average Bonchev–Trinajstić information content (AvgIpc) is 3.10. The van der Waals surface area contributed by atoms with Crippen molar-refractivity contribution >= 4 is 17.6 Å². The number of rotatable bonds is 3. The molecule has 1 unspecified atom stereocenters. The van der Waals surface area contributed by atoms with Gasteiger partial charge < -0.3 is 10.0 Å². The Balaban J connectivity index is 1.71. The quantitative estimate of drug-likeness (QED) is 0.795. The van der Waals surface area contributed by atoms with E-state index in [0.717, 1.165) is 25.9 Å². The Labute approximate surface area is 138 Å². The first-order chi connectivity index (χ1) is 11.7. The average molecular weight is 323 g/mol. The number of aromatic carboxylic acids is 1. The Morgan fingerprint density at radius 1 is 1.33 bits per heavy atom. The summed E-state index contributed by atoms with van der Waals surface area (Å²) in [7, 11) is 0. The minimum atomic E-state index is -1.04. The topological polar surface area (TPSA) is 83.6 Å². The highest BCUT2D eigenvalue weighted by Crippen LogP contribution is 2.29. The fourth-order valence-corrected chi connectivity index (χ4v) is 3.29. The minimum Gasteiger partial charge on any atom is -0.477 e. The van der Waals surface area contributed by atoms with Crippen LogP contribution in [0.25, 0.3) is 5.65 Å². The second-order valence-corrected chi connectivity index (χ2v) is 5.97. The molecule has 4 heterocycles. The van der Waals surface area contributed by atoms with E-state index in [2.05, 4.69) is 25.9 Å². The molecule has 1 aliphatic heterocycles. The largest absolute Gasteiger partial charge is 0.477 e. The molecule has 0 radical (unpaired) electrons. The van der Waals surface area contributed by atoms with Crippen molar-refractivity contribution in [3.8, 4) is 0 Å². The number of carbonyl (C=O) groups is 1. The highest BCUT2D eigenvalue weighted by molar-refractivity contribution is 5.87. The van der Waals surface area contributed by atoms with Crippen LogP contribution in [0, 0.1) is 0 Å². The molecule has 0 saturated carbocycles. The number of carboxylic acid groups (broad SMARTS) is 1. The Bertz CT molecular complexity index is 877. The minimum absolute atomic E-state index is 0.0206. The number of piperidine rings is 1. The molecule has 1 N–H and O–H groups in total. The fraction of sp³-hybridized carbons (Fsp3) is 0.294. The van der Waals surface area contributed by atoms with Crippen molar-refractivity contribution in [3.63, 3.8) is 0 Å². The summed E-state index contributed by atoms with van der Waals surface area (Å²) >= 11 is 0. The van der Waals surface area contributed by atoms with Crippen LogP contribution in [-0.2, 0) is 0 Å². The number of anilines is 1. The molecule has 1 atom stereocenters. The molecule has 3 aromatic heterocycles. The predicted octanol–water partition coefficient (Wildman–Crippen LogP) is 2.21. The Morgan fingerprint density at radius 2 is 2.25 bits per heavy atom. The van der Waals surface area contributed by atoms with Crippen LogP contribution in [0.5, 0.6) is 0 Å². The van der Waals surface area contributed by atoms with E-state index in [0.29, 0.717) is 17.5 Å². The van der Waals surface area contributed by atoms with Crippen LogP contribution >= 0.6 is 0 Å². The van der Waals surface area contributed by atoms with E-state index in [1.807, 2.05) is 22.9 Å². The fourth-order valence-electron chi connectivity index (χ4n) is 3.29. The van der Waals surface area contributed by atoms with Gasteiger partial charge in [0.1, 0.15) is 5.65 Å². The Morgan fingerprint density at radius 3 is 3.04 bits per heavy atom. The van der Waals surface area contributed by atoms with Crippen molar-refractivity contribution in [2.24, 2.45) is 0 Å². The number of aromatic nitrogens is 4. The Kier molecular flexibility index (Phi) is 3.60. The molecule has 0 amide bonds. The van der Waals surface area contributed by atoms with E-state index in [-0.39, 0.29) is 5.69 Å². The number of pyridine rings is 1. The van der Waals surface area contributed by atoms with Gasteiger partial charge in [-0.25, -0.2) is 14.8 Å². The van der Waals surface area contributed by atoms with Gasteiger partial charge in [-0.3, -0.25) is 9.38 Å². The van der Waals surface area contributed by atoms with Crippen LogP contribution < -0.4 is 4.90 Å². The lowest BCUT2D eigenvalue weighted by Gasteiger charge is -2.33. The Hall–Kier alpha value is -2.96. The summed E-state index contributed by atoms with van der Waals surface area (Å²) in [5.41, 5.74) is 1.83. The summed E-state index contributed by atoms with van der Waals surface area (Å²) in [4.78, 5) is 26.3. The van der Waals surface area contributed by atoms with E-state index < -0.39 is 5.97 Å². The van der Waals surface area contributed by atoms with Crippen molar-refractivity contribution in [2.75, 3.05) is 18.0 Å². The third kappa shape index (κ3) is 2.58. The van der Waals surface area contributed by atoms with Crippen molar-refractivity contribution in [1.82, 2.24) is 19.4 Å². The summed E-state index contributed by atoms with van der Waals surface area (Å²) in [5, 5.41) is 9.31. The summed E-state index contributed by atoms with van der Waals surface area (Å²) in [6.45, 7) is 1.63. The molecule has 0 aliphatic carbocycles. The lowest BCUT2D eigenvalue weighted by atomic mass is 9.92. The number of carboxylic acids is 1. The van der Waals surface area contributed by atoms with Crippen molar-refractivity contribution < 1.29 is 9.90 Å². The maximum atomic E-state index is 11.4. The van der Waals surface area contributed by atoms with E-state index in [1.54, 1.807) is 12.4 Å². The first-order valence-electron chi connectivity index (χ1n) is 7.94. The molecule has 1 aliphatic rings. The van der Waals surface area contributed by atoms with Crippen LogP contribution in [-0.4, -0.2) is 43.5 Å². The lowest BCUT2D eigenvalue weighted by molar-refractivity contribution is 0.0690. The van der Waals surface area contributed by atoms with Gasteiger partial charge in [-0.15, -0.1) is 0 Å². The summed E-state index contributed by atoms with van der Waals surface area (Å²) in [6, 6.07) is 5.54. The van der Waals surface area contributed by atoms with Gasteiger partial charge in [-0.1, -0.05) is 6.07 Å². The van der Waals surface area contributed by atoms with E-state index in [4.69, 9.17) is 0 Å². The second-order valence-electron chi connectivity index (χ2n) is 5.97.